The van der Waals surface area contributed by atoms with Crippen molar-refractivity contribution >= 4 is 0 Å². The third-order valence-corrected chi connectivity index (χ3v) is 1.81. The topological polar surface area (TPSA) is 72.7 Å². The van der Waals surface area contributed by atoms with Gasteiger partial charge in [-0.15, -0.1) is 0 Å². The highest BCUT2D eigenvalue weighted by atomic mass is 16.3. The fraction of sp³-hybridized carbons (Fsp3) is 1.00. The third-order valence-electron chi connectivity index (χ3n) is 1.81. The first-order chi connectivity index (χ1) is 5.13. The standard InChI is InChI=1S/C7H17NO3/c1-5(7(11)4-9)6(10)3-8-2/h5-11H,3-4H2,1-2H3/t5-,6-,7+/m0/s1. The van der Waals surface area contributed by atoms with Crippen molar-refractivity contribution in [2.45, 2.75) is 19.1 Å². The summed E-state index contributed by atoms with van der Waals surface area (Å²) in [6.07, 6.45) is -1.44. The van der Waals surface area contributed by atoms with Crippen molar-refractivity contribution in [1.82, 2.24) is 5.32 Å². The Kier molecular flexibility index (Phi) is 5.41. The normalized spacial score (nSPS) is 19.4. The molecule has 0 saturated carbocycles. The zero-order valence-electron chi connectivity index (χ0n) is 6.99. The van der Waals surface area contributed by atoms with E-state index in [4.69, 9.17) is 10.2 Å². The van der Waals surface area contributed by atoms with Crippen molar-refractivity contribution in [3.05, 3.63) is 0 Å². The second-order valence-electron chi connectivity index (χ2n) is 2.73. The van der Waals surface area contributed by atoms with Gasteiger partial charge >= 0.3 is 0 Å². The smallest absolute Gasteiger partial charge is 0.0821 e. The highest BCUT2D eigenvalue weighted by molar-refractivity contribution is 4.72. The van der Waals surface area contributed by atoms with E-state index in [0.717, 1.165) is 0 Å². The van der Waals surface area contributed by atoms with E-state index in [0.29, 0.717) is 6.54 Å². The van der Waals surface area contributed by atoms with E-state index < -0.39 is 12.2 Å². The average molecular weight is 163 g/mol. The Bertz CT molecular complexity index is 99.7. The lowest BCUT2D eigenvalue weighted by molar-refractivity contribution is -0.00659. The highest BCUT2D eigenvalue weighted by Gasteiger charge is 2.20. The highest BCUT2D eigenvalue weighted by Crippen LogP contribution is 2.07. The molecular weight excluding hydrogens is 146 g/mol. The minimum absolute atomic E-state index is 0.299. The first kappa shape index (κ1) is 10.8. The molecule has 11 heavy (non-hydrogen) atoms. The van der Waals surface area contributed by atoms with Gasteiger partial charge in [0.25, 0.3) is 0 Å². The summed E-state index contributed by atoms with van der Waals surface area (Å²) in [6, 6.07) is 0. The van der Waals surface area contributed by atoms with Gasteiger partial charge in [-0.2, -0.15) is 0 Å². The predicted molar refractivity (Wildman–Crippen MR) is 42.2 cm³/mol. The van der Waals surface area contributed by atoms with Crippen molar-refractivity contribution in [3.8, 4) is 0 Å². The molecule has 0 bridgehead atoms. The molecule has 4 N–H and O–H groups in total. The SMILES string of the molecule is CNC[C@H](O)[C@H](C)[C@H](O)CO. The minimum Gasteiger partial charge on any atom is -0.394 e. The molecular formula is C7H17NO3. The van der Waals surface area contributed by atoms with Gasteiger partial charge in [-0.3, -0.25) is 0 Å². The molecule has 0 fully saturated rings. The van der Waals surface area contributed by atoms with Gasteiger partial charge < -0.3 is 20.6 Å². The van der Waals surface area contributed by atoms with E-state index in [1.54, 1.807) is 14.0 Å². The number of hydrogen-bond acceptors (Lipinski definition) is 4. The molecule has 68 valence electrons. The summed E-state index contributed by atoms with van der Waals surface area (Å²) in [6.45, 7) is 1.82. The maximum Gasteiger partial charge on any atom is 0.0821 e. The van der Waals surface area contributed by atoms with Crippen LogP contribution in [0.15, 0.2) is 0 Å². The van der Waals surface area contributed by atoms with Crippen LogP contribution in [0.25, 0.3) is 0 Å². The van der Waals surface area contributed by atoms with E-state index in [2.05, 4.69) is 5.32 Å². The molecule has 0 aromatic heterocycles. The molecule has 0 amide bonds. The van der Waals surface area contributed by atoms with E-state index in [1.807, 2.05) is 0 Å². The Morgan fingerprint density at radius 2 is 1.82 bits per heavy atom. The van der Waals surface area contributed by atoms with Crippen LogP contribution in [-0.4, -0.2) is 47.7 Å². The van der Waals surface area contributed by atoms with Gasteiger partial charge in [0.05, 0.1) is 18.8 Å². The first-order valence-electron chi connectivity index (χ1n) is 3.75. The third kappa shape index (κ3) is 3.67. The molecule has 0 aliphatic heterocycles. The Labute approximate surface area is 66.9 Å². The second-order valence-corrected chi connectivity index (χ2v) is 2.73. The summed E-state index contributed by atoms with van der Waals surface area (Å²) >= 11 is 0. The molecule has 0 unspecified atom stereocenters. The molecule has 0 spiro atoms. The number of nitrogens with one attached hydrogen (secondary N) is 1. The summed E-state index contributed by atoms with van der Waals surface area (Å²) in [7, 11) is 1.72. The van der Waals surface area contributed by atoms with Crippen molar-refractivity contribution in [1.29, 1.82) is 0 Å². The Balaban J connectivity index is 3.70. The molecule has 3 atom stereocenters. The fourth-order valence-electron chi connectivity index (χ4n) is 0.818. The van der Waals surface area contributed by atoms with Crippen molar-refractivity contribution < 1.29 is 15.3 Å². The summed E-state index contributed by atoms with van der Waals surface area (Å²) in [4.78, 5) is 0. The number of hydrogen-bond donors (Lipinski definition) is 4. The minimum atomic E-state index is -0.835. The molecule has 0 rings (SSSR count). The lowest BCUT2D eigenvalue weighted by Gasteiger charge is -2.22. The Morgan fingerprint density at radius 1 is 1.27 bits per heavy atom. The van der Waals surface area contributed by atoms with E-state index >= 15 is 0 Å². The predicted octanol–water partition coefficient (Wildman–Crippen LogP) is -1.44. The monoisotopic (exact) mass is 163 g/mol. The van der Waals surface area contributed by atoms with Crippen LogP contribution in [0.3, 0.4) is 0 Å². The molecule has 0 heterocycles. The summed E-state index contributed by atoms with van der Waals surface area (Å²) in [5.74, 6) is -0.299. The van der Waals surface area contributed by atoms with Crippen LogP contribution in [0.1, 0.15) is 6.92 Å². The first-order valence-corrected chi connectivity index (χ1v) is 3.75. The van der Waals surface area contributed by atoms with Crippen molar-refractivity contribution in [3.63, 3.8) is 0 Å². The summed E-state index contributed by atoms with van der Waals surface area (Å²) in [5, 5.41) is 29.7. The Morgan fingerprint density at radius 3 is 2.18 bits per heavy atom. The number of likely N-dealkylation sites (N-methyl/N-ethyl adjacent to an activating group) is 1. The van der Waals surface area contributed by atoms with Crippen molar-refractivity contribution in [2.75, 3.05) is 20.2 Å². The summed E-state index contributed by atoms with van der Waals surface area (Å²) in [5.41, 5.74) is 0. The van der Waals surface area contributed by atoms with Crippen LogP contribution >= 0.6 is 0 Å². The van der Waals surface area contributed by atoms with Gasteiger partial charge in [-0.25, -0.2) is 0 Å². The number of rotatable bonds is 5. The van der Waals surface area contributed by atoms with E-state index in [-0.39, 0.29) is 12.5 Å². The molecule has 0 aliphatic carbocycles. The van der Waals surface area contributed by atoms with Crippen LogP contribution in [-0.2, 0) is 0 Å². The molecule has 0 aromatic rings. The lowest BCUT2D eigenvalue weighted by atomic mass is 9.99. The number of aliphatic hydroxyl groups is 3. The van der Waals surface area contributed by atoms with E-state index in [9.17, 15) is 5.11 Å². The number of aliphatic hydroxyl groups excluding tert-OH is 3. The van der Waals surface area contributed by atoms with Gasteiger partial charge in [-0.1, -0.05) is 6.92 Å². The lowest BCUT2D eigenvalue weighted by Crippen LogP contribution is -2.37. The van der Waals surface area contributed by atoms with Gasteiger partial charge in [-0.05, 0) is 7.05 Å². The quantitative estimate of drug-likeness (QED) is 0.400. The molecule has 0 saturated heterocycles. The zero-order valence-corrected chi connectivity index (χ0v) is 6.99. The van der Waals surface area contributed by atoms with Crippen molar-refractivity contribution in [2.24, 2.45) is 5.92 Å². The van der Waals surface area contributed by atoms with Crippen LogP contribution in [0, 0.1) is 5.92 Å². The summed E-state index contributed by atoms with van der Waals surface area (Å²) < 4.78 is 0. The van der Waals surface area contributed by atoms with Gasteiger partial charge in [0.1, 0.15) is 0 Å². The van der Waals surface area contributed by atoms with Crippen LogP contribution < -0.4 is 5.32 Å². The van der Waals surface area contributed by atoms with Crippen LogP contribution in [0.5, 0.6) is 0 Å². The Hall–Kier alpha value is -0.160. The van der Waals surface area contributed by atoms with E-state index in [1.165, 1.54) is 0 Å². The largest absolute Gasteiger partial charge is 0.394 e. The zero-order chi connectivity index (χ0) is 8.85. The maximum absolute atomic E-state index is 9.29. The molecule has 0 aliphatic rings. The maximum atomic E-state index is 9.29. The van der Waals surface area contributed by atoms with Crippen LogP contribution in [0.4, 0.5) is 0 Å². The van der Waals surface area contributed by atoms with Gasteiger partial charge in [0.2, 0.25) is 0 Å². The van der Waals surface area contributed by atoms with Gasteiger partial charge in [0.15, 0.2) is 0 Å². The molecule has 4 heteroatoms. The molecule has 0 aromatic carbocycles. The fourth-order valence-corrected chi connectivity index (χ4v) is 0.818. The van der Waals surface area contributed by atoms with Gasteiger partial charge in [0, 0.05) is 12.5 Å². The molecule has 4 nitrogen and oxygen atoms in total. The van der Waals surface area contributed by atoms with Crippen LogP contribution in [0.2, 0.25) is 0 Å². The average Bonchev–Trinajstić information content (AvgIpc) is 2.02. The molecule has 0 radical (unpaired) electrons. The second kappa shape index (κ2) is 5.49.